The topological polar surface area (TPSA) is 43.1 Å². The lowest BCUT2D eigenvalue weighted by molar-refractivity contribution is 0.348. The van der Waals surface area contributed by atoms with Crippen LogP contribution in [0.3, 0.4) is 0 Å². The summed E-state index contributed by atoms with van der Waals surface area (Å²) in [7, 11) is 0. The van der Waals surface area contributed by atoms with E-state index >= 15 is 0 Å². The summed E-state index contributed by atoms with van der Waals surface area (Å²) in [6.07, 6.45) is 0. The van der Waals surface area contributed by atoms with Crippen molar-refractivity contribution < 1.29 is 4.52 Å². The molecule has 0 aliphatic carbocycles. The predicted molar refractivity (Wildman–Crippen MR) is 59.0 cm³/mol. The van der Waals surface area contributed by atoms with Gasteiger partial charge in [0.05, 0.1) is 11.1 Å². The van der Waals surface area contributed by atoms with Crippen LogP contribution < -0.4 is 5.63 Å². The molecule has 0 unspecified atom stereocenters. The standard InChI is InChI=1S/C12H13NO2/c1-12(2,3)10-8-6-4-5-7-9(8)11(14)15-13-10/h4-7H,1-3H3. The SMILES string of the molecule is CC(C)(C)c1noc(=O)c2ccccc12. The Morgan fingerprint density at radius 1 is 1.13 bits per heavy atom. The first-order chi connectivity index (χ1) is 7.00. The van der Waals surface area contributed by atoms with Crippen molar-refractivity contribution in [2.45, 2.75) is 26.2 Å². The maximum absolute atomic E-state index is 11.4. The van der Waals surface area contributed by atoms with Crippen molar-refractivity contribution in [3.05, 3.63) is 40.4 Å². The highest BCUT2D eigenvalue weighted by atomic mass is 16.5. The van der Waals surface area contributed by atoms with E-state index in [1.165, 1.54) is 0 Å². The van der Waals surface area contributed by atoms with E-state index in [1.54, 1.807) is 6.07 Å². The minimum absolute atomic E-state index is 0.128. The van der Waals surface area contributed by atoms with Crippen LogP contribution in [0.5, 0.6) is 0 Å². The second-order valence-electron chi connectivity index (χ2n) is 4.61. The van der Waals surface area contributed by atoms with Gasteiger partial charge in [0.2, 0.25) is 0 Å². The summed E-state index contributed by atoms with van der Waals surface area (Å²) in [6, 6.07) is 7.39. The van der Waals surface area contributed by atoms with Crippen LogP contribution in [0.4, 0.5) is 0 Å². The van der Waals surface area contributed by atoms with Gasteiger partial charge in [-0.2, -0.15) is 0 Å². The fourth-order valence-electron chi connectivity index (χ4n) is 1.59. The number of aromatic nitrogens is 1. The number of nitrogens with zero attached hydrogens (tertiary/aromatic N) is 1. The monoisotopic (exact) mass is 203 g/mol. The van der Waals surface area contributed by atoms with Crippen LogP contribution in [0.1, 0.15) is 26.5 Å². The minimum atomic E-state index is -0.376. The number of rotatable bonds is 0. The largest absolute Gasteiger partial charge is 0.366 e. The van der Waals surface area contributed by atoms with Crippen LogP contribution in [0.2, 0.25) is 0 Å². The number of fused-ring (bicyclic) bond motifs is 1. The van der Waals surface area contributed by atoms with Gasteiger partial charge >= 0.3 is 5.63 Å². The lowest BCUT2D eigenvalue weighted by Gasteiger charge is -2.17. The Hall–Kier alpha value is -1.64. The summed E-state index contributed by atoms with van der Waals surface area (Å²) in [6.45, 7) is 6.13. The van der Waals surface area contributed by atoms with Crippen molar-refractivity contribution in [2.24, 2.45) is 0 Å². The predicted octanol–water partition coefficient (Wildman–Crippen LogP) is 2.49. The Morgan fingerprint density at radius 2 is 1.73 bits per heavy atom. The molecule has 3 nitrogen and oxygen atoms in total. The molecule has 0 saturated carbocycles. The van der Waals surface area contributed by atoms with Crippen LogP contribution in [0.15, 0.2) is 33.6 Å². The second kappa shape index (κ2) is 3.19. The highest BCUT2D eigenvalue weighted by molar-refractivity contribution is 5.83. The van der Waals surface area contributed by atoms with Crippen LogP contribution >= 0.6 is 0 Å². The van der Waals surface area contributed by atoms with Crippen molar-refractivity contribution in [1.82, 2.24) is 5.16 Å². The molecule has 0 amide bonds. The van der Waals surface area contributed by atoms with E-state index in [9.17, 15) is 4.79 Å². The van der Waals surface area contributed by atoms with Gasteiger partial charge in [-0.05, 0) is 6.07 Å². The zero-order chi connectivity index (χ0) is 11.1. The van der Waals surface area contributed by atoms with E-state index < -0.39 is 0 Å². The molecule has 78 valence electrons. The quantitative estimate of drug-likeness (QED) is 0.660. The molecular weight excluding hydrogens is 190 g/mol. The fraction of sp³-hybridized carbons (Fsp3) is 0.333. The molecule has 15 heavy (non-hydrogen) atoms. The maximum Gasteiger partial charge on any atom is 0.366 e. The van der Waals surface area contributed by atoms with E-state index in [2.05, 4.69) is 5.16 Å². The molecule has 0 N–H and O–H groups in total. The molecule has 2 aromatic rings. The van der Waals surface area contributed by atoms with E-state index in [0.29, 0.717) is 5.39 Å². The maximum atomic E-state index is 11.4. The number of hydrogen-bond donors (Lipinski definition) is 0. The molecular formula is C12H13NO2. The van der Waals surface area contributed by atoms with Crippen LogP contribution in [0.25, 0.3) is 10.8 Å². The lowest BCUT2D eigenvalue weighted by Crippen LogP contribution is -2.17. The summed E-state index contributed by atoms with van der Waals surface area (Å²) < 4.78 is 4.79. The van der Waals surface area contributed by atoms with Gasteiger partial charge in [-0.1, -0.05) is 44.1 Å². The second-order valence-corrected chi connectivity index (χ2v) is 4.61. The van der Waals surface area contributed by atoms with Crippen molar-refractivity contribution in [1.29, 1.82) is 0 Å². The molecule has 0 atom stereocenters. The van der Waals surface area contributed by atoms with Gasteiger partial charge in [-0.3, -0.25) is 0 Å². The highest BCUT2D eigenvalue weighted by Crippen LogP contribution is 2.25. The van der Waals surface area contributed by atoms with Crippen molar-refractivity contribution in [3.63, 3.8) is 0 Å². The molecule has 0 saturated heterocycles. The van der Waals surface area contributed by atoms with Crippen molar-refractivity contribution in [3.8, 4) is 0 Å². The number of hydrogen-bond acceptors (Lipinski definition) is 3. The van der Waals surface area contributed by atoms with Gasteiger partial charge in [0.25, 0.3) is 0 Å². The first kappa shape index (κ1) is 9.90. The summed E-state index contributed by atoms with van der Waals surface area (Å²) >= 11 is 0. The third-order valence-electron chi connectivity index (χ3n) is 2.33. The average Bonchev–Trinajstić information content (AvgIpc) is 2.17. The van der Waals surface area contributed by atoms with Gasteiger partial charge in [0, 0.05) is 10.8 Å². The van der Waals surface area contributed by atoms with Crippen molar-refractivity contribution >= 4 is 10.8 Å². The molecule has 1 aromatic carbocycles. The smallest absolute Gasteiger partial charge is 0.312 e. The molecule has 0 bridgehead atoms. The number of benzene rings is 1. The Balaban J connectivity index is 2.90. The molecule has 3 heteroatoms. The van der Waals surface area contributed by atoms with Crippen molar-refractivity contribution in [2.75, 3.05) is 0 Å². The van der Waals surface area contributed by atoms with E-state index in [4.69, 9.17) is 4.52 Å². The third kappa shape index (κ3) is 1.65. The summed E-state index contributed by atoms with van der Waals surface area (Å²) in [5.41, 5.74) is 0.313. The Kier molecular flexibility index (Phi) is 2.11. The van der Waals surface area contributed by atoms with E-state index in [0.717, 1.165) is 11.1 Å². The summed E-state index contributed by atoms with van der Waals surface area (Å²) in [4.78, 5) is 11.4. The van der Waals surface area contributed by atoms with E-state index in [1.807, 2.05) is 39.0 Å². The molecule has 2 rings (SSSR count). The Morgan fingerprint density at radius 3 is 2.33 bits per heavy atom. The Bertz CT molecular complexity index is 549. The molecule has 0 radical (unpaired) electrons. The van der Waals surface area contributed by atoms with Crippen LogP contribution in [-0.2, 0) is 5.41 Å². The normalized spacial score (nSPS) is 11.9. The van der Waals surface area contributed by atoms with Gasteiger partial charge in [-0.15, -0.1) is 0 Å². The molecule has 0 spiro atoms. The zero-order valence-corrected chi connectivity index (χ0v) is 9.07. The molecule has 1 heterocycles. The molecule has 0 aliphatic rings. The lowest BCUT2D eigenvalue weighted by atomic mass is 9.89. The van der Waals surface area contributed by atoms with Gasteiger partial charge < -0.3 is 4.52 Å². The van der Waals surface area contributed by atoms with Gasteiger partial charge in [0.15, 0.2) is 0 Å². The molecule has 0 aliphatic heterocycles. The highest BCUT2D eigenvalue weighted by Gasteiger charge is 2.20. The Labute approximate surface area is 87.7 Å². The van der Waals surface area contributed by atoms with E-state index in [-0.39, 0.29) is 11.0 Å². The fourth-order valence-corrected chi connectivity index (χ4v) is 1.59. The molecule has 1 aromatic heterocycles. The summed E-state index contributed by atoms with van der Waals surface area (Å²) in [5, 5.41) is 5.36. The van der Waals surface area contributed by atoms with Crippen LogP contribution in [-0.4, -0.2) is 5.16 Å². The van der Waals surface area contributed by atoms with Gasteiger partial charge in [0.1, 0.15) is 0 Å². The zero-order valence-electron chi connectivity index (χ0n) is 9.07. The summed E-state index contributed by atoms with van der Waals surface area (Å²) in [5.74, 6) is 0. The first-order valence-electron chi connectivity index (χ1n) is 4.89. The van der Waals surface area contributed by atoms with Gasteiger partial charge in [-0.25, -0.2) is 4.79 Å². The third-order valence-corrected chi connectivity index (χ3v) is 2.33. The minimum Gasteiger partial charge on any atom is -0.312 e. The molecule has 0 fully saturated rings. The van der Waals surface area contributed by atoms with Crippen LogP contribution in [0, 0.1) is 0 Å². The first-order valence-corrected chi connectivity index (χ1v) is 4.89. The average molecular weight is 203 g/mol.